The van der Waals surface area contributed by atoms with Crippen molar-refractivity contribution in [2.24, 2.45) is 5.92 Å². The van der Waals surface area contributed by atoms with Gasteiger partial charge in [0, 0.05) is 19.0 Å². The molecule has 0 amide bonds. The summed E-state index contributed by atoms with van der Waals surface area (Å²) in [6.07, 6.45) is 6.22. The molecule has 0 spiro atoms. The van der Waals surface area contributed by atoms with E-state index in [1.165, 1.54) is 35.1 Å². The van der Waals surface area contributed by atoms with Crippen molar-refractivity contribution in [2.45, 2.75) is 58.5 Å². The molecule has 0 aliphatic heterocycles. The van der Waals surface area contributed by atoms with Crippen molar-refractivity contribution in [1.82, 2.24) is 15.1 Å². The van der Waals surface area contributed by atoms with Gasteiger partial charge in [0.15, 0.2) is 0 Å². The van der Waals surface area contributed by atoms with Gasteiger partial charge in [-0.25, -0.2) is 0 Å². The lowest BCUT2D eigenvalue weighted by Gasteiger charge is -2.16. The molecule has 0 aromatic carbocycles. The molecule has 4 heteroatoms. The molecule has 1 unspecified atom stereocenters. The van der Waals surface area contributed by atoms with E-state index in [0.717, 1.165) is 25.3 Å². The standard InChI is InChI=1S/C14H24BrN3/c1-4-12-14(15)13(18(5-2)17-12)9-11(16-3)8-10-6-7-10/h10-11,16H,4-9H2,1-3H3. The van der Waals surface area contributed by atoms with Gasteiger partial charge in [0.2, 0.25) is 0 Å². The highest BCUT2D eigenvalue weighted by atomic mass is 79.9. The summed E-state index contributed by atoms with van der Waals surface area (Å²) in [5, 5.41) is 8.14. The van der Waals surface area contributed by atoms with Gasteiger partial charge in [-0.05, 0) is 48.7 Å². The van der Waals surface area contributed by atoms with Crippen LogP contribution in [0.15, 0.2) is 4.47 Å². The number of nitrogens with one attached hydrogen (secondary N) is 1. The fourth-order valence-corrected chi connectivity index (χ4v) is 3.23. The van der Waals surface area contributed by atoms with Gasteiger partial charge in [0.1, 0.15) is 0 Å². The number of aromatic nitrogens is 2. The Morgan fingerprint density at radius 3 is 2.67 bits per heavy atom. The number of aryl methyl sites for hydroxylation is 2. The fourth-order valence-electron chi connectivity index (χ4n) is 2.50. The second kappa shape index (κ2) is 6.20. The predicted molar refractivity (Wildman–Crippen MR) is 78.9 cm³/mol. The Hall–Kier alpha value is -0.350. The summed E-state index contributed by atoms with van der Waals surface area (Å²) in [5.41, 5.74) is 2.54. The predicted octanol–water partition coefficient (Wildman–Crippen LogP) is 3.16. The third-order valence-electron chi connectivity index (χ3n) is 3.86. The van der Waals surface area contributed by atoms with E-state index in [-0.39, 0.29) is 0 Å². The molecule has 1 aliphatic rings. The van der Waals surface area contributed by atoms with Crippen molar-refractivity contribution in [1.29, 1.82) is 0 Å². The Kier molecular flexibility index (Phi) is 4.84. The third-order valence-corrected chi connectivity index (χ3v) is 4.77. The van der Waals surface area contributed by atoms with Gasteiger partial charge >= 0.3 is 0 Å². The van der Waals surface area contributed by atoms with Crippen molar-refractivity contribution in [3.63, 3.8) is 0 Å². The van der Waals surface area contributed by atoms with Gasteiger partial charge in [-0.15, -0.1) is 0 Å². The molecular formula is C14H24BrN3. The molecule has 1 atom stereocenters. The summed E-state index contributed by atoms with van der Waals surface area (Å²) in [7, 11) is 2.08. The molecule has 102 valence electrons. The van der Waals surface area contributed by atoms with Crippen LogP contribution in [0.5, 0.6) is 0 Å². The van der Waals surface area contributed by atoms with Crippen LogP contribution in [0.25, 0.3) is 0 Å². The van der Waals surface area contributed by atoms with Crippen molar-refractivity contribution >= 4 is 15.9 Å². The van der Waals surface area contributed by atoms with E-state index in [9.17, 15) is 0 Å². The van der Waals surface area contributed by atoms with Gasteiger partial charge in [0.25, 0.3) is 0 Å². The van der Waals surface area contributed by atoms with Crippen LogP contribution in [0, 0.1) is 5.92 Å². The molecule has 0 radical (unpaired) electrons. The summed E-state index contributed by atoms with van der Waals surface area (Å²) < 4.78 is 3.38. The van der Waals surface area contributed by atoms with E-state index in [4.69, 9.17) is 0 Å². The summed E-state index contributed by atoms with van der Waals surface area (Å²) in [6, 6.07) is 0.584. The number of rotatable bonds is 7. The van der Waals surface area contributed by atoms with Crippen molar-refractivity contribution < 1.29 is 0 Å². The molecule has 1 aliphatic carbocycles. The van der Waals surface area contributed by atoms with E-state index in [1.807, 2.05) is 0 Å². The molecule has 3 nitrogen and oxygen atoms in total. The number of nitrogens with zero attached hydrogens (tertiary/aromatic N) is 2. The lowest BCUT2D eigenvalue weighted by atomic mass is 10.0. The van der Waals surface area contributed by atoms with Gasteiger partial charge in [0.05, 0.1) is 15.9 Å². The van der Waals surface area contributed by atoms with E-state index >= 15 is 0 Å². The molecule has 2 rings (SSSR count). The smallest absolute Gasteiger partial charge is 0.0766 e. The van der Waals surface area contributed by atoms with Crippen LogP contribution in [-0.4, -0.2) is 22.9 Å². The van der Waals surface area contributed by atoms with Crippen LogP contribution in [0.4, 0.5) is 0 Å². The molecule has 0 saturated heterocycles. The highest BCUT2D eigenvalue weighted by Gasteiger charge is 2.26. The average molecular weight is 314 g/mol. The van der Waals surface area contributed by atoms with E-state index in [0.29, 0.717) is 6.04 Å². The average Bonchev–Trinajstić information content (AvgIpc) is 3.14. The molecule has 1 saturated carbocycles. The molecule has 1 aromatic heterocycles. The molecule has 0 bridgehead atoms. The first-order valence-corrected chi connectivity index (χ1v) is 7.90. The lowest BCUT2D eigenvalue weighted by Crippen LogP contribution is -2.29. The Balaban J connectivity index is 2.12. The van der Waals surface area contributed by atoms with E-state index in [1.54, 1.807) is 0 Å². The highest BCUT2D eigenvalue weighted by Crippen LogP contribution is 2.34. The minimum absolute atomic E-state index is 0.584. The maximum absolute atomic E-state index is 4.67. The second-order valence-corrected chi connectivity index (χ2v) is 6.04. The molecule has 1 N–H and O–H groups in total. The number of halogens is 1. The van der Waals surface area contributed by atoms with Crippen molar-refractivity contribution in [2.75, 3.05) is 7.05 Å². The van der Waals surface area contributed by atoms with Crippen molar-refractivity contribution in [3.8, 4) is 0 Å². The molecule has 18 heavy (non-hydrogen) atoms. The molecule has 1 aromatic rings. The Morgan fingerprint density at radius 1 is 1.44 bits per heavy atom. The second-order valence-electron chi connectivity index (χ2n) is 5.25. The quantitative estimate of drug-likeness (QED) is 0.838. The first-order chi connectivity index (χ1) is 8.69. The van der Waals surface area contributed by atoms with E-state index < -0.39 is 0 Å². The Bertz CT molecular complexity index is 396. The van der Waals surface area contributed by atoms with Crippen LogP contribution in [0.2, 0.25) is 0 Å². The normalized spacial score (nSPS) is 17.1. The first-order valence-electron chi connectivity index (χ1n) is 7.10. The first kappa shape index (κ1) is 14.1. The monoisotopic (exact) mass is 313 g/mol. The summed E-state index contributed by atoms with van der Waals surface area (Å²) >= 11 is 3.73. The van der Waals surface area contributed by atoms with Gasteiger partial charge in [-0.1, -0.05) is 19.8 Å². The summed E-state index contributed by atoms with van der Waals surface area (Å²) in [4.78, 5) is 0. The van der Waals surface area contributed by atoms with Crippen LogP contribution in [-0.2, 0) is 19.4 Å². The number of hydrogen-bond donors (Lipinski definition) is 1. The van der Waals surface area contributed by atoms with Crippen molar-refractivity contribution in [3.05, 3.63) is 15.9 Å². The van der Waals surface area contributed by atoms with E-state index in [2.05, 4.69) is 51.9 Å². The van der Waals surface area contributed by atoms with Gasteiger partial charge in [-0.2, -0.15) is 5.10 Å². The van der Waals surface area contributed by atoms with Gasteiger partial charge in [-0.3, -0.25) is 4.68 Å². The zero-order valence-electron chi connectivity index (χ0n) is 11.7. The van der Waals surface area contributed by atoms with Crippen LogP contribution in [0.1, 0.15) is 44.5 Å². The molecular weight excluding hydrogens is 290 g/mol. The van der Waals surface area contributed by atoms with Gasteiger partial charge < -0.3 is 5.32 Å². The maximum Gasteiger partial charge on any atom is 0.0766 e. The molecule has 1 heterocycles. The zero-order valence-corrected chi connectivity index (χ0v) is 13.3. The minimum atomic E-state index is 0.584. The van der Waals surface area contributed by atoms with Crippen LogP contribution >= 0.6 is 15.9 Å². The number of likely N-dealkylation sites (N-methyl/N-ethyl adjacent to an activating group) is 1. The fraction of sp³-hybridized carbons (Fsp3) is 0.786. The minimum Gasteiger partial charge on any atom is -0.317 e. The lowest BCUT2D eigenvalue weighted by molar-refractivity contribution is 0.470. The summed E-state index contributed by atoms with van der Waals surface area (Å²) in [6.45, 7) is 5.28. The SMILES string of the molecule is CCc1nn(CC)c(CC(CC2CC2)NC)c1Br. The highest BCUT2D eigenvalue weighted by molar-refractivity contribution is 9.10. The topological polar surface area (TPSA) is 29.9 Å². The third kappa shape index (κ3) is 3.15. The van der Waals surface area contributed by atoms with Crippen LogP contribution < -0.4 is 5.32 Å². The molecule has 1 fully saturated rings. The summed E-state index contributed by atoms with van der Waals surface area (Å²) in [5.74, 6) is 0.963. The Labute approximate surface area is 118 Å². The zero-order chi connectivity index (χ0) is 13.1. The maximum atomic E-state index is 4.67. The number of hydrogen-bond acceptors (Lipinski definition) is 2. The largest absolute Gasteiger partial charge is 0.317 e. The van der Waals surface area contributed by atoms with Crippen LogP contribution in [0.3, 0.4) is 0 Å². The Morgan fingerprint density at radius 2 is 2.17 bits per heavy atom.